The standard InChI is InChI=1S/C28H25NO6/c1-16-5-11-21-20(13-16)26(30)24-25(18-8-12-22(33-3)23(14-18)34-4)29(28(31)27(24)35-21)15-17-6-9-19(32-2)10-7-17/h5-14,25H,15H2,1-4H3. The predicted molar refractivity (Wildman–Crippen MR) is 131 cm³/mol. The summed E-state index contributed by atoms with van der Waals surface area (Å²) in [4.78, 5) is 29.1. The Morgan fingerprint density at radius 1 is 0.857 bits per heavy atom. The quantitative estimate of drug-likeness (QED) is 0.399. The van der Waals surface area contributed by atoms with Gasteiger partial charge in [0.1, 0.15) is 11.3 Å². The van der Waals surface area contributed by atoms with Crippen LogP contribution in [0, 0.1) is 6.92 Å². The zero-order valence-corrected chi connectivity index (χ0v) is 20.0. The van der Waals surface area contributed by atoms with Crippen molar-refractivity contribution < 1.29 is 23.4 Å². The molecular formula is C28H25NO6. The van der Waals surface area contributed by atoms with Crippen LogP contribution in [-0.2, 0) is 6.54 Å². The van der Waals surface area contributed by atoms with Crippen LogP contribution in [0.2, 0.25) is 0 Å². The molecule has 178 valence electrons. The average Bonchev–Trinajstić information content (AvgIpc) is 3.16. The summed E-state index contributed by atoms with van der Waals surface area (Å²) >= 11 is 0. The van der Waals surface area contributed by atoms with Crippen LogP contribution in [0.25, 0.3) is 11.0 Å². The molecule has 0 radical (unpaired) electrons. The van der Waals surface area contributed by atoms with Crippen molar-refractivity contribution in [2.45, 2.75) is 19.5 Å². The van der Waals surface area contributed by atoms with Crippen molar-refractivity contribution in [2.24, 2.45) is 0 Å². The van der Waals surface area contributed by atoms with Crippen LogP contribution >= 0.6 is 0 Å². The first-order valence-corrected chi connectivity index (χ1v) is 11.2. The van der Waals surface area contributed by atoms with E-state index in [1.807, 2.05) is 43.3 Å². The van der Waals surface area contributed by atoms with Crippen LogP contribution in [0.15, 0.2) is 69.9 Å². The molecule has 1 aliphatic heterocycles. The molecule has 0 bridgehead atoms. The van der Waals surface area contributed by atoms with Gasteiger partial charge in [-0.3, -0.25) is 9.59 Å². The molecule has 0 aliphatic carbocycles. The molecule has 3 aromatic carbocycles. The number of hydrogen-bond acceptors (Lipinski definition) is 6. The fourth-order valence-corrected chi connectivity index (χ4v) is 4.59. The highest BCUT2D eigenvalue weighted by molar-refractivity contribution is 5.99. The van der Waals surface area contributed by atoms with Gasteiger partial charge < -0.3 is 23.5 Å². The Labute approximate surface area is 202 Å². The highest BCUT2D eigenvalue weighted by Gasteiger charge is 2.43. The Balaban J connectivity index is 1.70. The molecule has 1 unspecified atom stereocenters. The minimum Gasteiger partial charge on any atom is -0.497 e. The Morgan fingerprint density at radius 2 is 1.60 bits per heavy atom. The Bertz CT molecular complexity index is 1490. The highest BCUT2D eigenvalue weighted by atomic mass is 16.5. The van der Waals surface area contributed by atoms with Crippen molar-refractivity contribution in [3.8, 4) is 17.2 Å². The summed E-state index contributed by atoms with van der Waals surface area (Å²) < 4.78 is 22.2. The van der Waals surface area contributed by atoms with Gasteiger partial charge in [-0.2, -0.15) is 0 Å². The molecule has 35 heavy (non-hydrogen) atoms. The van der Waals surface area contributed by atoms with E-state index in [1.165, 1.54) is 0 Å². The van der Waals surface area contributed by atoms with E-state index in [9.17, 15) is 9.59 Å². The maximum atomic E-state index is 13.7. The molecule has 7 heteroatoms. The van der Waals surface area contributed by atoms with E-state index in [0.717, 1.165) is 22.4 Å². The van der Waals surface area contributed by atoms with Crippen LogP contribution in [0.4, 0.5) is 0 Å². The van der Waals surface area contributed by atoms with Gasteiger partial charge in [0.2, 0.25) is 5.76 Å². The lowest BCUT2D eigenvalue weighted by Crippen LogP contribution is -2.29. The van der Waals surface area contributed by atoms with Gasteiger partial charge in [0, 0.05) is 6.54 Å². The first-order valence-electron chi connectivity index (χ1n) is 11.2. The predicted octanol–water partition coefficient (Wildman–Crippen LogP) is 4.87. The molecule has 0 fully saturated rings. The Kier molecular flexibility index (Phi) is 5.68. The number of carbonyl (C=O) groups excluding carboxylic acids is 1. The van der Waals surface area contributed by atoms with Crippen LogP contribution < -0.4 is 19.6 Å². The van der Waals surface area contributed by atoms with Gasteiger partial charge in [-0.25, -0.2) is 0 Å². The summed E-state index contributed by atoms with van der Waals surface area (Å²) in [6.07, 6.45) is 0. The summed E-state index contributed by atoms with van der Waals surface area (Å²) in [6.45, 7) is 2.19. The molecule has 5 rings (SSSR count). The molecule has 0 saturated heterocycles. The number of ether oxygens (including phenoxy) is 3. The number of rotatable bonds is 6. The van der Waals surface area contributed by atoms with Gasteiger partial charge in [0.15, 0.2) is 16.9 Å². The number of benzene rings is 3. The van der Waals surface area contributed by atoms with Crippen LogP contribution in [0.1, 0.15) is 38.9 Å². The van der Waals surface area contributed by atoms with Gasteiger partial charge in [0.05, 0.1) is 38.3 Å². The fourth-order valence-electron chi connectivity index (χ4n) is 4.59. The fraction of sp³-hybridized carbons (Fsp3) is 0.214. The first kappa shape index (κ1) is 22.5. The average molecular weight is 472 g/mol. The smallest absolute Gasteiger partial charge is 0.291 e. The molecule has 1 aliphatic rings. The molecule has 0 saturated carbocycles. The molecular weight excluding hydrogens is 446 g/mol. The maximum Gasteiger partial charge on any atom is 0.291 e. The van der Waals surface area contributed by atoms with Crippen LogP contribution in [0.5, 0.6) is 17.2 Å². The zero-order chi connectivity index (χ0) is 24.7. The lowest BCUT2D eigenvalue weighted by molar-refractivity contribution is 0.0714. The number of aryl methyl sites for hydroxylation is 1. The molecule has 1 amide bonds. The maximum absolute atomic E-state index is 13.7. The largest absolute Gasteiger partial charge is 0.497 e. The van der Waals surface area contributed by atoms with Gasteiger partial charge in [-0.1, -0.05) is 29.8 Å². The number of amides is 1. The molecule has 0 spiro atoms. The summed E-state index contributed by atoms with van der Waals surface area (Å²) in [5, 5.41) is 0.452. The summed E-state index contributed by atoms with van der Waals surface area (Å²) in [6, 6.07) is 17.6. The van der Waals surface area contributed by atoms with E-state index in [2.05, 4.69) is 0 Å². The van der Waals surface area contributed by atoms with E-state index in [1.54, 1.807) is 50.5 Å². The normalized spacial score (nSPS) is 14.8. The SMILES string of the molecule is COc1ccc(CN2C(=O)c3oc4ccc(C)cc4c(=O)c3C2c2ccc(OC)c(OC)c2)cc1. The van der Waals surface area contributed by atoms with E-state index in [-0.39, 0.29) is 23.6 Å². The van der Waals surface area contributed by atoms with Crippen molar-refractivity contribution >= 4 is 16.9 Å². The molecule has 1 atom stereocenters. The highest BCUT2D eigenvalue weighted by Crippen LogP contribution is 2.41. The molecule has 2 heterocycles. The van der Waals surface area contributed by atoms with Crippen molar-refractivity contribution in [2.75, 3.05) is 21.3 Å². The topological polar surface area (TPSA) is 78.2 Å². The third-order valence-corrected chi connectivity index (χ3v) is 6.36. The summed E-state index contributed by atoms with van der Waals surface area (Å²) in [7, 11) is 4.71. The number of hydrogen-bond donors (Lipinski definition) is 0. The second-order valence-corrected chi connectivity index (χ2v) is 8.47. The summed E-state index contributed by atoms with van der Waals surface area (Å²) in [5.41, 5.74) is 3.06. The Morgan fingerprint density at radius 3 is 2.29 bits per heavy atom. The van der Waals surface area contributed by atoms with E-state index < -0.39 is 6.04 Å². The summed E-state index contributed by atoms with van der Waals surface area (Å²) in [5.74, 6) is 1.52. The third-order valence-electron chi connectivity index (χ3n) is 6.36. The zero-order valence-electron chi connectivity index (χ0n) is 20.0. The first-order chi connectivity index (χ1) is 16.9. The van der Waals surface area contributed by atoms with E-state index in [0.29, 0.717) is 28.0 Å². The minimum absolute atomic E-state index is 0.0691. The van der Waals surface area contributed by atoms with Gasteiger partial charge in [-0.15, -0.1) is 0 Å². The van der Waals surface area contributed by atoms with Gasteiger partial charge in [-0.05, 0) is 54.4 Å². The number of nitrogens with zero attached hydrogens (tertiary/aromatic N) is 1. The van der Waals surface area contributed by atoms with Crippen molar-refractivity contribution in [3.05, 3.63) is 98.9 Å². The Hall–Kier alpha value is -4.26. The number of carbonyl (C=O) groups is 1. The van der Waals surface area contributed by atoms with E-state index >= 15 is 0 Å². The lowest BCUT2D eigenvalue weighted by Gasteiger charge is -2.26. The van der Waals surface area contributed by atoms with Crippen LogP contribution in [0.3, 0.4) is 0 Å². The van der Waals surface area contributed by atoms with Gasteiger partial charge >= 0.3 is 0 Å². The van der Waals surface area contributed by atoms with Crippen molar-refractivity contribution in [1.82, 2.24) is 4.90 Å². The molecule has 7 nitrogen and oxygen atoms in total. The van der Waals surface area contributed by atoms with Crippen molar-refractivity contribution in [3.63, 3.8) is 0 Å². The monoisotopic (exact) mass is 471 g/mol. The number of fused-ring (bicyclic) bond motifs is 2. The molecule has 1 aromatic heterocycles. The number of methoxy groups -OCH3 is 3. The third kappa shape index (κ3) is 3.79. The van der Waals surface area contributed by atoms with Crippen LogP contribution in [-0.4, -0.2) is 32.1 Å². The lowest BCUT2D eigenvalue weighted by atomic mass is 9.97. The van der Waals surface area contributed by atoms with Crippen molar-refractivity contribution in [1.29, 1.82) is 0 Å². The van der Waals surface area contributed by atoms with E-state index in [4.69, 9.17) is 18.6 Å². The molecule has 0 N–H and O–H groups in total. The second-order valence-electron chi connectivity index (χ2n) is 8.47. The molecule has 4 aromatic rings. The second kappa shape index (κ2) is 8.83. The minimum atomic E-state index is -0.652. The van der Waals surface area contributed by atoms with Gasteiger partial charge in [0.25, 0.3) is 5.91 Å².